The van der Waals surface area contributed by atoms with Crippen LogP contribution in [0.3, 0.4) is 0 Å². The molecule has 1 aliphatic heterocycles. The number of methoxy groups -OCH3 is 1. The first-order chi connectivity index (χ1) is 9.14. The third kappa shape index (κ3) is 2.79. The molecule has 1 aliphatic rings. The zero-order valence-corrected chi connectivity index (χ0v) is 12.5. The minimum absolute atomic E-state index is 0.0198. The third-order valence-electron chi connectivity index (χ3n) is 3.89. The van der Waals surface area contributed by atoms with Crippen LogP contribution in [0.5, 0.6) is 0 Å². The molecule has 1 unspecified atom stereocenters. The van der Waals surface area contributed by atoms with Gasteiger partial charge in [0.2, 0.25) is 0 Å². The second-order valence-corrected chi connectivity index (χ2v) is 5.28. The van der Waals surface area contributed by atoms with Crippen LogP contribution in [0.25, 0.3) is 0 Å². The van der Waals surface area contributed by atoms with Crippen LogP contribution in [-0.2, 0) is 16.5 Å². The minimum atomic E-state index is -0.286. The quantitative estimate of drug-likeness (QED) is 0.899. The summed E-state index contributed by atoms with van der Waals surface area (Å²) in [6, 6.07) is 0.0198. The third-order valence-corrected chi connectivity index (χ3v) is 4.18. The number of hydrogen-bond acceptors (Lipinski definition) is 4. The Morgan fingerprint density at radius 1 is 1.58 bits per heavy atom. The van der Waals surface area contributed by atoms with Crippen molar-refractivity contribution in [3.8, 4) is 0 Å². The zero-order chi connectivity index (χ0) is 13.9. The van der Waals surface area contributed by atoms with Crippen molar-refractivity contribution in [2.45, 2.75) is 31.4 Å². The molecular formula is C13H22ClN3O2. The van der Waals surface area contributed by atoms with E-state index in [1.807, 2.05) is 11.7 Å². The monoisotopic (exact) mass is 287 g/mol. The molecule has 5 nitrogen and oxygen atoms in total. The highest BCUT2D eigenvalue weighted by molar-refractivity contribution is 6.31. The molecule has 0 bridgehead atoms. The van der Waals surface area contributed by atoms with Crippen LogP contribution < -0.4 is 5.32 Å². The predicted molar refractivity (Wildman–Crippen MR) is 74.4 cm³/mol. The van der Waals surface area contributed by atoms with Gasteiger partial charge < -0.3 is 14.8 Å². The first kappa shape index (κ1) is 14.8. The predicted octanol–water partition coefficient (Wildman–Crippen LogP) is 1.92. The highest BCUT2D eigenvalue weighted by Gasteiger charge is 2.43. The lowest BCUT2D eigenvalue weighted by Crippen LogP contribution is -2.50. The molecule has 0 aliphatic carbocycles. The van der Waals surface area contributed by atoms with Gasteiger partial charge in [-0.15, -0.1) is 0 Å². The van der Waals surface area contributed by atoms with Crippen molar-refractivity contribution < 1.29 is 9.47 Å². The Labute approximate surface area is 119 Å². The van der Waals surface area contributed by atoms with E-state index in [1.165, 1.54) is 0 Å². The number of rotatable bonds is 5. The van der Waals surface area contributed by atoms with Gasteiger partial charge in [-0.2, -0.15) is 5.10 Å². The number of halogens is 1. The molecule has 6 heteroatoms. The van der Waals surface area contributed by atoms with Crippen LogP contribution in [0.4, 0.5) is 0 Å². The Kier molecular flexibility index (Phi) is 4.84. The van der Waals surface area contributed by atoms with Crippen LogP contribution in [0.15, 0.2) is 6.20 Å². The highest BCUT2D eigenvalue weighted by atomic mass is 35.5. The maximum absolute atomic E-state index is 6.30. The Morgan fingerprint density at radius 3 is 2.74 bits per heavy atom. The van der Waals surface area contributed by atoms with E-state index in [-0.39, 0.29) is 11.6 Å². The van der Waals surface area contributed by atoms with Crippen LogP contribution >= 0.6 is 11.6 Å². The van der Waals surface area contributed by atoms with Crippen molar-refractivity contribution in [1.82, 2.24) is 15.1 Å². The molecule has 0 amide bonds. The van der Waals surface area contributed by atoms with Gasteiger partial charge in [0, 0.05) is 40.2 Å². The van der Waals surface area contributed by atoms with Gasteiger partial charge in [-0.25, -0.2) is 0 Å². The minimum Gasteiger partial charge on any atom is -0.381 e. The summed E-state index contributed by atoms with van der Waals surface area (Å²) < 4.78 is 13.2. The van der Waals surface area contributed by atoms with Gasteiger partial charge in [0.1, 0.15) is 0 Å². The van der Waals surface area contributed by atoms with Crippen LogP contribution in [0, 0.1) is 0 Å². The van der Waals surface area contributed by atoms with Gasteiger partial charge in [-0.05, 0) is 6.54 Å². The largest absolute Gasteiger partial charge is 0.381 e. The molecule has 108 valence electrons. The number of ether oxygens (including phenoxy) is 2. The standard InChI is InChI=1S/C13H22ClN3O2/c1-4-15-12(11-10(14)9-16-17(11)2)13(18-3)5-7-19-8-6-13/h9,12,15H,4-8H2,1-3H3. The van der Waals surface area contributed by atoms with Gasteiger partial charge in [-0.3, -0.25) is 4.68 Å². The van der Waals surface area contributed by atoms with Crippen LogP contribution in [0.1, 0.15) is 31.5 Å². The maximum Gasteiger partial charge on any atom is 0.0932 e. The highest BCUT2D eigenvalue weighted by Crippen LogP contribution is 2.39. The zero-order valence-electron chi connectivity index (χ0n) is 11.8. The molecule has 0 saturated carbocycles. The fourth-order valence-corrected chi connectivity index (χ4v) is 3.08. The van der Waals surface area contributed by atoms with Crippen molar-refractivity contribution in [2.75, 3.05) is 26.9 Å². The average Bonchev–Trinajstić information content (AvgIpc) is 2.76. The molecule has 1 atom stereocenters. The van der Waals surface area contributed by atoms with E-state index in [0.717, 1.165) is 25.1 Å². The number of nitrogens with zero attached hydrogens (tertiary/aromatic N) is 2. The summed E-state index contributed by atoms with van der Waals surface area (Å²) in [5.41, 5.74) is 0.693. The summed E-state index contributed by atoms with van der Waals surface area (Å²) in [7, 11) is 3.67. The normalized spacial score (nSPS) is 20.4. The Hall–Kier alpha value is -0.620. The molecule has 1 saturated heterocycles. The summed E-state index contributed by atoms with van der Waals surface area (Å²) in [5.74, 6) is 0. The SMILES string of the molecule is CCNC(c1c(Cl)cnn1C)C1(OC)CCOCC1. The Balaban J connectivity index is 2.38. The first-order valence-corrected chi connectivity index (χ1v) is 7.06. The van der Waals surface area contributed by atoms with Gasteiger partial charge in [0.05, 0.1) is 28.6 Å². The van der Waals surface area contributed by atoms with Crippen molar-refractivity contribution >= 4 is 11.6 Å². The smallest absolute Gasteiger partial charge is 0.0932 e. The van der Waals surface area contributed by atoms with Gasteiger partial charge >= 0.3 is 0 Å². The number of hydrogen-bond donors (Lipinski definition) is 1. The fourth-order valence-electron chi connectivity index (χ4n) is 2.81. The average molecular weight is 288 g/mol. The van der Waals surface area contributed by atoms with Crippen molar-refractivity contribution in [2.24, 2.45) is 7.05 Å². The molecule has 0 spiro atoms. The number of likely N-dealkylation sites (N-methyl/N-ethyl adjacent to an activating group) is 1. The van der Waals surface area contributed by atoms with E-state index < -0.39 is 0 Å². The van der Waals surface area contributed by atoms with E-state index in [4.69, 9.17) is 21.1 Å². The molecule has 2 rings (SSSR count). The van der Waals surface area contributed by atoms with Crippen molar-refractivity contribution in [3.05, 3.63) is 16.9 Å². The second-order valence-electron chi connectivity index (χ2n) is 4.87. The van der Waals surface area contributed by atoms with E-state index in [9.17, 15) is 0 Å². The van der Waals surface area contributed by atoms with E-state index in [2.05, 4.69) is 17.3 Å². The number of aryl methyl sites for hydroxylation is 1. The summed E-state index contributed by atoms with van der Waals surface area (Å²) >= 11 is 6.30. The van der Waals surface area contributed by atoms with Crippen LogP contribution in [0.2, 0.25) is 5.02 Å². The van der Waals surface area contributed by atoms with Gasteiger partial charge in [0.25, 0.3) is 0 Å². The summed E-state index contributed by atoms with van der Waals surface area (Å²) in [6.07, 6.45) is 3.38. The molecule has 1 fully saturated rings. The first-order valence-electron chi connectivity index (χ1n) is 6.68. The summed E-state index contributed by atoms with van der Waals surface area (Å²) in [4.78, 5) is 0. The second kappa shape index (κ2) is 6.22. The number of nitrogens with one attached hydrogen (secondary N) is 1. The molecule has 2 heterocycles. The maximum atomic E-state index is 6.30. The van der Waals surface area contributed by atoms with Gasteiger partial charge in [-0.1, -0.05) is 18.5 Å². The molecule has 0 aromatic carbocycles. The summed E-state index contributed by atoms with van der Waals surface area (Å²) in [5, 5.41) is 8.42. The molecular weight excluding hydrogens is 266 g/mol. The van der Waals surface area contributed by atoms with Gasteiger partial charge in [0.15, 0.2) is 0 Å². The molecule has 19 heavy (non-hydrogen) atoms. The molecule has 0 radical (unpaired) electrons. The van der Waals surface area contributed by atoms with Crippen molar-refractivity contribution in [1.29, 1.82) is 0 Å². The van der Waals surface area contributed by atoms with E-state index >= 15 is 0 Å². The van der Waals surface area contributed by atoms with Crippen molar-refractivity contribution in [3.63, 3.8) is 0 Å². The molecule has 1 aromatic heterocycles. The van der Waals surface area contributed by atoms with E-state index in [1.54, 1.807) is 13.3 Å². The molecule has 1 N–H and O–H groups in total. The molecule has 1 aromatic rings. The summed E-state index contributed by atoms with van der Waals surface area (Å²) in [6.45, 7) is 4.36. The lowest BCUT2D eigenvalue weighted by atomic mass is 9.84. The Bertz CT molecular complexity index is 397. The number of aromatic nitrogens is 2. The fraction of sp³-hybridized carbons (Fsp3) is 0.769. The topological polar surface area (TPSA) is 48.3 Å². The lowest BCUT2D eigenvalue weighted by molar-refractivity contribution is -0.112. The van der Waals surface area contributed by atoms with Crippen LogP contribution in [-0.4, -0.2) is 42.2 Å². The Morgan fingerprint density at radius 2 is 2.26 bits per heavy atom. The van der Waals surface area contributed by atoms with E-state index in [0.29, 0.717) is 18.2 Å². The lowest BCUT2D eigenvalue weighted by Gasteiger charge is -2.42.